The molecule has 1 saturated heterocycles. The van der Waals surface area contributed by atoms with Crippen molar-refractivity contribution in [2.24, 2.45) is 0 Å². The van der Waals surface area contributed by atoms with E-state index in [-0.39, 0.29) is 11.5 Å². The van der Waals surface area contributed by atoms with Crippen molar-refractivity contribution in [1.29, 1.82) is 0 Å². The molecule has 24 heavy (non-hydrogen) atoms. The van der Waals surface area contributed by atoms with Crippen molar-refractivity contribution in [1.82, 2.24) is 0 Å². The summed E-state index contributed by atoms with van der Waals surface area (Å²) in [6.07, 6.45) is -3.93. The highest BCUT2D eigenvalue weighted by Gasteiger charge is 2.46. The van der Waals surface area contributed by atoms with Gasteiger partial charge in [0.1, 0.15) is 18.8 Å². The van der Waals surface area contributed by atoms with E-state index in [1.165, 1.54) is 24.3 Å². The van der Waals surface area contributed by atoms with Crippen molar-refractivity contribution in [3.05, 3.63) is 29.8 Å². The van der Waals surface area contributed by atoms with Gasteiger partial charge in [0.2, 0.25) is 0 Å². The third-order valence-corrected chi connectivity index (χ3v) is 3.34. The number of aliphatic hydroxyl groups excluding tert-OH is 3. The molecule has 5 N–H and O–H groups in total. The molecule has 1 aliphatic heterocycles. The van der Waals surface area contributed by atoms with E-state index in [0.717, 1.165) is 6.08 Å². The monoisotopic (exact) mass is 340 g/mol. The zero-order chi connectivity index (χ0) is 17.9. The van der Waals surface area contributed by atoms with Crippen LogP contribution in [0.15, 0.2) is 24.3 Å². The maximum atomic E-state index is 11.5. The van der Waals surface area contributed by atoms with Gasteiger partial charge in [0.25, 0.3) is 0 Å². The molecule has 0 spiro atoms. The number of carbonyl (C=O) groups is 2. The number of aromatic hydroxyl groups is 2. The van der Waals surface area contributed by atoms with Crippen molar-refractivity contribution >= 4 is 18.0 Å². The molecule has 1 fully saturated rings. The van der Waals surface area contributed by atoms with Crippen LogP contribution in [0.25, 0.3) is 6.08 Å². The van der Waals surface area contributed by atoms with Crippen LogP contribution in [0.1, 0.15) is 5.56 Å². The lowest BCUT2D eigenvalue weighted by Crippen LogP contribution is -2.41. The summed E-state index contributed by atoms with van der Waals surface area (Å²) in [4.78, 5) is 22.6. The number of cyclic esters (lactones) is 1. The average molecular weight is 340 g/mol. The highest BCUT2D eigenvalue weighted by Crippen LogP contribution is 2.25. The van der Waals surface area contributed by atoms with Crippen LogP contribution in [-0.4, -0.2) is 68.5 Å². The van der Waals surface area contributed by atoms with Crippen LogP contribution >= 0.6 is 0 Å². The first-order valence-corrected chi connectivity index (χ1v) is 6.91. The lowest BCUT2D eigenvalue weighted by molar-refractivity contribution is -0.154. The topological polar surface area (TPSA) is 154 Å². The Morgan fingerprint density at radius 2 is 2.00 bits per heavy atom. The molecule has 9 nitrogen and oxygen atoms in total. The minimum atomic E-state index is -1.75. The van der Waals surface area contributed by atoms with Crippen molar-refractivity contribution in [2.75, 3.05) is 6.61 Å². The minimum Gasteiger partial charge on any atom is -0.504 e. The first kappa shape index (κ1) is 17.7. The van der Waals surface area contributed by atoms with Crippen molar-refractivity contribution in [3.8, 4) is 11.5 Å². The molecular formula is C15H16O9. The standard InChI is InChI=1S/C15H16O9/c16-8-3-1-7(5-9(8)17)2-4-11(19)23-6-10(18)14-12(20)13(21)15(22)24-14/h1-5,10,12-14,16-18,20-21H,6H2/b4-2+/t10?,12-,13-,14+/m1/s1. The quantitative estimate of drug-likeness (QED) is 0.249. The summed E-state index contributed by atoms with van der Waals surface area (Å²) in [7, 11) is 0. The summed E-state index contributed by atoms with van der Waals surface area (Å²) in [6, 6.07) is 3.92. The molecule has 1 aromatic carbocycles. The SMILES string of the molecule is O=C(/C=C/c1ccc(O)c(O)c1)OCC(O)[C@@H]1OC(=O)[C@H](O)[C@H]1O. The summed E-state index contributed by atoms with van der Waals surface area (Å²) < 4.78 is 9.32. The summed E-state index contributed by atoms with van der Waals surface area (Å²) >= 11 is 0. The number of ether oxygens (including phenoxy) is 2. The zero-order valence-corrected chi connectivity index (χ0v) is 12.3. The van der Waals surface area contributed by atoms with Gasteiger partial charge in [-0.1, -0.05) is 6.07 Å². The highest BCUT2D eigenvalue weighted by atomic mass is 16.6. The van der Waals surface area contributed by atoms with Gasteiger partial charge in [-0.3, -0.25) is 0 Å². The third-order valence-electron chi connectivity index (χ3n) is 3.34. The summed E-state index contributed by atoms with van der Waals surface area (Å²) in [5, 5.41) is 47.0. The van der Waals surface area contributed by atoms with Crippen LogP contribution in [0.5, 0.6) is 11.5 Å². The molecule has 1 heterocycles. The fourth-order valence-electron chi connectivity index (χ4n) is 2.02. The Hall–Kier alpha value is -2.62. The number of phenols is 2. The van der Waals surface area contributed by atoms with Gasteiger partial charge in [0, 0.05) is 6.08 Å². The Bertz CT molecular complexity index is 654. The molecule has 0 aromatic heterocycles. The van der Waals surface area contributed by atoms with E-state index in [2.05, 4.69) is 4.74 Å². The third kappa shape index (κ3) is 4.02. The van der Waals surface area contributed by atoms with E-state index in [4.69, 9.17) is 9.84 Å². The highest BCUT2D eigenvalue weighted by molar-refractivity contribution is 5.87. The van der Waals surface area contributed by atoms with Crippen molar-refractivity contribution < 1.29 is 44.6 Å². The lowest BCUT2D eigenvalue weighted by Gasteiger charge is -2.19. The lowest BCUT2D eigenvalue weighted by atomic mass is 10.1. The van der Waals surface area contributed by atoms with Crippen LogP contribution < -0.4 is 0 Å². The van der Waals surface area contributed by atoms with Gasteiger partial charge in [-0.2, -0.15) is 0 Å². The van der Waals surface area contributed by atoms with Crippen LogP contribution in [-0.2, 0) is 19.1 Å². The number of hydrogen-bond donors (Lipinski definition) is 5. The van der Waals surface area contributed by atoms with Gasteiger partial charge >= 0.3 is 11.9 Å². The van der Waals surface area contributed by atoms with E-state index in [0.29, 0.717) is 5.56 Å². The minimum absolute atomic E-state index is 0.301. The molecule has 1 aromatic rings. The smallest absolute Gasteiger partial charge is 0.338 e. The number of carbonyl (C=O) groups excluding carboxylic acids is 2. The molecule has 0 bridgehead atoms. The van der Waals surface area contributed by atoms with Crippen LogP contribution in [0.4, 0.5) is 0 Å². The Kier molecular flexibility index (Phi) is 5.39. The Morgan fingerprint density at radius 3 is 2.58 bits per heavy atom. The largest absolute Gasteiger partial charge is 0.504 e. The number of esters is 2. The average Bonchev–Trinajstić information content (AvgIpc) is 2.81. The second-order valence-corrected chi connectivity index (χ2v) is 5.12. The molecule has 0 aliphatic carbocycles. The molecule has 0 amide bonds. The maximum Gasteiger partial charge on any atom is 0.338 e. The molecule has 1 unspecified atom stereocenters. The molecule has 130 valence electrons. The molecule has 2 rings (SSSR count). The van der Waals surface area contributed by atoms with Gasteiger partial charge in [0.15, 0.2) is 23.7 Å². The van der Waals surface area contributed by atoms with Gasteiger partial charge in [-0.05, 0) is 23.8 Å². The molecule has 4 atom stereocenters. The maximum absolute atomic E-state index is 11.5. The summed E-state index contributed by atoms with van der Waals surface area (Å²) in [5.74, 6) is -2.55. The Morgan fingerprint density at radius 1 is 1.29 bits per heavy atom. The number of aliphatic hydroxyl groups is 3. The van der Waals surface area contributed by atoms with Gasteiger partial charge in [-0.15, -0.1) is 0 Å². The second kappa shape index (κ2) is 7.30. The first-order chi connectivity index (χ1) is 11.3. The summed E-state index contributed by atoms with van der Waals surface area (Å²) in [6.45, 7) is -0.564. The molecule has 9 heteroatoms. The van der Waals surface area contributed by atoms with Gasteiger partial charge < -0.3 is 35.0 Å². The predicted molar refractivity (Wildman–Crippen MR) is 77.7 cm³/mol. The Labute approximate surface area is 136 Å². The molecule has 0 saturated carbocycles. The second-order valence-electron chi connectivity index (χ2n) is 5.12. The van der Waals surface area contributed by atoms with Crippen LogP contribution in [0.3, 0.4) is 0 Å². The van der Waals surface area contributed by atoms with Crippen LogP contribution in [0, 0.1) is 0 Å². The normalized spacial score (nSPS) is 24.8. The number of hydrogen-bond acceptors (Lipinski definition) is 9. The van der Waals surface area contributed by atoms with Crippen molar-refractivity contribution in [2.45, 2.75) is 24.4 Å². The number of benzene rings is 1. The molecular weight excluding hydrogens is 324 g/mol. The van der Waals surface area contributed by atoms with E-state index in [9.17, 15) is 30.0 Å². The zero-order valence-electron chi connectivity index (χ0n) is 12.3. The van der Waals surface area contributed by atoms with E-state index in [1.807, 2.05) is 0 Å². The predicted octanol–water partition coefficient (Wildman–Crippen LogP) is -1.34. The van der Waals surface area contributed by atoms with Crippen LogP contribution in [0.2, 0.25) is 0 Å². The molecule has 1 aliphatic rings. The van der Waals surface area contributed by atoms with E-state index < -0.39 is 43.0 Å². The van der Waals surface area contributed by atoms with E-state index >= 15 is 0 Å². The number of phenolic OH excluding ortho intramolecular Hbond substituents is 2. The molecule has 0 radical (unpaired) electrons. The Balaban J connectivity index is 1.85. The first-order valence-electron chi connectivity index (χ1n) is 6.91. The fraction of sp³-hybridized carbons (Fsp3) is 0.333. The van der Waals surface area contributed by atoms with E-state index in [1.54, 1.807) is 0 Å². The number of rotatable bonds is 5. The summed E-state index contributed by atoms with van der Waals surface area (Å²) in [5.41, 5.74) is 0.422. The van der Waals surface area contributed by atoms with Gasteiger partial charge in [-0.25, -0.2) is 9.59 Å². The van der Waals surface area contributed by atoms with Gasteiger partial charge in [0.05, 0.1) is 0 Å². The van der Waals surface area contributed by atoms with Crippen molar-refractivity contribution in [3.63, 3.8) is 0 Å². The fourth-order valence-corrected chi connectivity index (χ4v) is 2.02.